The Kier molecular flexibility index (Phi) is 4.35. The van der Waals surface area contributed by atoms with Gasteiger partial charge in [0.15, 0.2) is 0 Å². The van der Waals surface area contributed by atoms with Crippen LogP contribution in [0.2, 0.25) is 0 Å². The van der Waals surface area contributed by atoms with Gasteiger partial charge in [-0.05, 0) is 13.3 Å². The van der Waals surface area contributed by atoms with Gasteiger partial charge in [0, 0.05) is 25.5 Å². The van der Waals surface area contributed by atoms with Crippen molar-refractivity contribution in [2.75, 3.05) is 6.54 Å². The Bertz CT molecular complexity index is 339. The predicted octanol–water partition coefficient (Wildman–Crippen LogP) is 0.549. The average molecular weight is 206 g/mol. The Balaban J connectivity index is 2.12. The first-order valence-electron chi connectivity index (χ1n) is 4.87. The molecule has 0 aliphatic carbocycles. The zero-order valence-corrected chi connectivity index (χ0v) is 8.68. The molecule has 5 nitrogen and oxygen atoms in total. The van der Waals surface area contributed by atoms with Gasteiger partial charge in [-0.1, -0.05) is 0 Å². The van der Waals surface area contributed by atoms with Crippen LogP contribution in [0, 0.1) is 17.2 Å². The third-order valence-electron chi connectivity index (χ3n) is 2.04. The fourth-order valence-electron chi connectivity index (χ4n) is 1.10. The number of nitriles is 1. The van der Waals surface area contributed by atoms with E-state index >= 15 is 0 Å². The summed E-state index contributed by atoms with van der Waals surface area (Å²) in [5, 5.41) is 11.2. The maximum absolute atomic E-state index is 11.2. The van der Waals surface area contributed by atoms with Gasteiger partial charge in [0.1, 0.15) is 5.92 Å². The molecule has 1 aromatic heterocycles. The van der Waals surface area contributed by atoms with Crippen LogP contribution in [0.25, 0.3) is 0 Å². The highest BCUT2D eigenvalue weighted by molar-refractivity contribution is 5.80. The Morgan fingerprint density at radius 3 is 3.13 bits per heavy atom. The summed E-state index contributed by atoms with van der Waals surface area (Å²) in [5.41, 5.74) is 0. The minimum Gasteiger partial charge on any atom is -0.355 e. The van der Waals surface area contributed by atoms with Crippen LogP contribution in [-0.2, 0) is 11.3 Å². The highest BCUT2D eigenvalue weighted by Gasteiger charge is 2.09. The van der Waals surface area contributed by atoms with E-state index in [-0.39, 0.29) is 5.91 Å². The predicted molar refractivity (Wildman–Crippen MR) is 54.6 cm³/mol. The van der Waals surface area contributed by atoms with Crippen molar-refractivity contribution in [1.29, 1.82) is 5.26 Å². The van der Waals surface area contributed by atoms with E-state index in [0.717, 1.165) is 13.0 Å². The largest absolute Gasteiger partial charge is 0.355 e. The molecular weight excluding hydrogens is 192 g/mol. The summed E-state index contributed by atoms with van der Waals surface area (Å²) in [7, 11) is 0. The number of carbonyl (C=O) groups is 1. The summed E-state index contributed by atoms with van der Waals surface area (Å²) >= 11 is 0. The lowest BCUT2D eigenvalue weighted by atomic mass is 10.2. The van der Waals surface area contributed by atoms with E-state index in [2.05, 4.69) is 10.3 Å². The molecule has 0 bridgehead atoms. The van der Waals surface area contributed by atoms with E-state index in [1.54, 1.807) is 19.4 Å². The molecular formula is C10H14N4O. The van der Waals surface area contributed by atoms with Gasteiger partial charge in [0.05, 0.1) is 12.4 Å². The molecule has 0 radical (unpaired) electrons. The lowest BCUT2D eigenvalue weighted by molar-refractivity contribution is -0.122. The second kappa shape index (κ2) is 5.81. The summed E-state index contributed by atoms with van der Waals surface area (Å²) in [4.78, 5) is 15.1. The van der Waals surface area contributed by atoms with Crippen molar-refractivity contribution >= 4 is 5.91 Å². The number of carbonyl (C=O) groups excluding carboxylic acids is 1. The van der Waals surface area contributed by atoms with Gasteiger partial charge in [-0.15, -0.1) is 0 Å². The van der Waals surface area contributed by atoms with Gasteiger partial charge < -0.3 is 9.88 Å². The second-order valence-corrected chi connectivity index (χ2v) is 3.30. The van der Waals surface area contributed by atoms with Crippen molar-refractivity contribution in [3.63, 3.8) is 0 Å². The average Bonchev–Trinajstić information content (AvgIpc) is 2.75. The molecule has 0 aliphatic rings. The van der Waals surface area contributed by atoms with Crippen molar-refractivity contribution in [3.05, 3.63) is 18.7 Å². The van der Waals surface area contributed by atoms with Gasteiger partial charge in [-0.2, -0.15) is 5.26 Å². The van der Waals surface area contributed by atoms with Crippen LogP contribution in [0.4, 0.5) is 0 Å². The highest BCUT2D eigenvalue weighted by Crippen LogP contribution is 1.92. The van der Waals surface area contributed by atoms with Gasteiger partial charge in [0.2, 0.25) is 5.91 Å². The monoisotopic (exact) mass is 206 g/mol. The van der Waals surface area contributed by atoms with E-state index in [1.165, 1.54) is 0 Å². The number of imidazole rings is 1. The summed E-state index contributed by atoms with van der Waals surface area (Å²) < 4.78 is 1.94. The van der Waals surface area contributed by atoms with E-state index in [4.69, 9.17) is 5.26 Å². The van der Waals surface area contributed by atoms with Crippen LogP contribution in [0.5, 0.6) is 0 Å². The van der Waals surface area contributed by atoms with Crippen LogP contribution < -0.4 is 5.32 Å². The van der Waals surface area contributed by atoms with E-state index in [9.17, 15) is 4.79 Å². The van der Waals surface area contributed by atoms with Gasteiger partial charge in [-0.3, -0.25) is 4.79 Å². The van der Waals surface area contributed by atoms with Crippen LogP contribution >= 0.6 is 0 Å². The first-order valence-corrected chi connectivity index (χ1v) is 4.87. The van der Waals surface area contributed by atoms with Crippen molar-refractivity contribution in [1.82, 2.24) is 14.9 Å². The Labute approximate surface area is 88.7 Å². The molecule has 0 spiro atoms. The van der Waals surface area contributed by atoms with E-state index in [1.807, 2.05) is 16.8 Å². The molecule has 1 unspecified atom stereocenters. The zero-order chi connectivity index (χ0) is 11.1. The lowest BCUT2D eigenvalue weighted by Gasteiger charge is -2.06. The number of aromatic nitrogens is 2. The SMILES string of the molecule is CC(C#N)C(=O)NCCCn1ccnc1. The molecule has 0 aromatic carbocycles. The van der Waals surface area contributed by atoms with Crippen molar-refractivity contribution in [2.24, 2.45) is 5.92 Å². The Hall–Kier alpha value is -1.83. The first kappa shape index (κ1) is 11.2. The molecule has 80 valence electrons. The number of hydrogen-bond acceptors (Lipinski definition) is 3. The molecule has 0 saturated carbocycles. The van der Waals surface area contributed by atoms with Gasteiger partial charge in [0.25, 0.3) is 0 Å². The molecule has 0 saturated heterocycles. The molecule has 15 heavy (non-hydrogen) atoms. The van der Waals surface area contributed by atoms with Crippen molar-refractivity contribution < 1.29 is 4.79 Å². The van der Waals surface area contributed by atoms with Gasteiger partial charge >= 0.3 is 0 Å². The molecule has 1 atom stereocenters. The number of rotatable bonds is 5. The van der Waals surface area contributed by atoms with E-state index < -0.39 is 5.92 Å². The third kappa shape index (κ3) is 3.81. The number of hydrogen-bond donors (Lipinski definition) is 1. The summed E-state index contributed by atoms with van der Waals surface area (Å²) in [6.45, 7) is 3.00. The minimum absolute atomic E-state index is 0.205. The zero-order valence-electron chi connectivity index (χ0n) is 8.68. The van der Waals surface area contributed by atoms with Crippen LogP contribution in [0.1, 0.15) is 13.3 Å². The van der Waals surface area contributed by atoms with E-state index in [0.29, 0.717) is 6.54 Å². The van der Waals surface area contributed by atoms with Crippen LogP contribution in [-0.4, -0.2) is 22.0 Å². The second-order valence-electron chi connectivity index (χ2n) is 3.30. The third-order valence-corrected chi connectivity index (χ3v) is 2.04. The Morgan fingerprint density at radius 1 is 1.73 bits per heavy atom. The highest BCUT2D eigenvalue weighted by atomic mass is 16.1. The quantitative estimate of drug-likeness (QED) is 0.715. The first-order chi connectivity index (χ1) is 7.24. The van der Waals surface area contributed by atoms with Crippen LogP contribution in [0.3, 0.4) is 0 Å². The van der Waals surface area contributed by atoms with Gasteiger partial charge in [-0.25, -0.2) is 4.98 Å². The molecule has 1 N–H and O–H groups in total. The number of amides is 1. The van der Waals surface area contributed by atoms with Crippen molar-refractivity contribution in [3.8, 4) is 6.07 Å². The Morgan fingerprint density at radius 2 is 2.53 bits per heavy atom. The number of aryl methyl sites for hydroxylation is 1. The standard InChI is InChI=1S/C10H14N4O/c1-9(7-11)10(15)13-3-2-5-14-6-4-12-8-14/h4,6,8-9H,2-3,5H2,1H3,(H,13,15). The minimum atomic E-state index is -0.571. The molecule has 0 fully saturated rings. The van der Waals surface area contributed by atoms with Crippen LogP contribution in [0.15, 0.2) is 18.7 Å². The fourth-order valence-corrected chi connectivity index (χ4v) is 1.10. The number of nitrogens with zero attached hydrogens (tertiary/aromatic N) is 3. The molecule has 1 aromatic rings. The molecule has 5 heteroatoms. The van der Waals surface area contributed by atoms with Crippen molar-refractivity contribution in [2.45, 2.75) is 19.9 Å². The smallest absolute Gasteiger partial charge is 0.237 e. The summed E-state index contributed by atoms with van der Waals surface area (Å²) in [6, 6.07) is 1.89. The molecule has 1 heterocycles. The maximum atomic E-state index is 11.2. The maximum Gasteiger partial charge on any atom is 0.237 e. The summed E-state index contributed by atoms with van der Waals surface area (Å²) in [6.07, 6.45) is 6.16. The topological polar surface area (TPSA) is 70.7 Å². The summed E-state index contributed by atoms with van der Waals surface area (Å²) in [5.74, 6) is -0.777. The normalized spacial score (nSPS) is 11.7. The molecule has 0 aliphatic heterocycles. The molecule has 1 rings (SSSR count). The lowest BCUT2D eigenvalue weighted by Crippen LogP contribution is -2.29. The molecule has 1 amide bonds. The number of nitrogens with one attached hydrogen (secondary N) is 1. The fraction of sp³-hybridized carbons (Fsp3) is 0.500.